The Labute approximate surface area is 142 Å². The van der Waals surface area contributed by atoms with Gasteiger partial charge in [0, 0.05) is 5.75 Å². The first-order valence-corrected chi connectivity index (χ1v) is 8.27. The van der Waals surface area contributed by atoms with Gasteiger partial charge in [-0.3, -0.25) is 9.59 Å². The first-order chi connectivity index (χ1) is 10.7. The fourth-order valence-corrected chi connectivity index (χ4v) is 2.04. The molecule has 0 bridgehead atoms. The fraction of sp³-hybridized carbons (Fsp3) is 0.786. The highest BCUT2D eigenvalue weighted by Crippen LogP contribution is 2.03. The predicted octanol–water partition coefficient (Wildman–Crippen LogP) is -0.917. The number of carbonyl (C=O) groups is 3. The molecule has 0 saturated heterocycles. The standard InChI is InChI=1S/C14H28N4O4S/c1-8(2)11(16)13(20)18-10(7-23)12(19)17-9(14(21)22)5-3-4-6-15/h8-11,23H,3-7,15-16H2,1-2H3,(H,17,19)(H,18,20)(H,21,22). The monoisotopic (exact) mass is 348 g/mol. The number of carboxylic acids is 1. The van der Waals surface area contributed by atoms with E-state index in [1.54, 1.807) is 13.8 Å². The number of rotatable bonds is 11. The van der Waals surface area contributed by atoms with E-state index in [0.717, 1.165) is 0 Å². The van der Waals surface area contributed by atoms with Crippen molar-refractivity contribution in [2.75, 3.05) is 12.3 Å². The lowest BCUT2D eigenvalue weighted by atomic mass is 10.0. The molecule has 2 amide bonds. The minimum Gasteiger partial charge on any atom is -0.480 e. The van der Waals surface area contributed by atoms with Crippen LogP contribution < -0.4 is 22.1 Å². The molecule has 0 aliphatic heterocycles. The zero-order valence-corrected chi connectivity index (χ0v) is 14.5. The molecular weight excluding hydrogens is 320 g/mol. The smallest absolute Gasteiger partial charge is 0.326 e. The number of carboxylic acid groups (broad SMARTS) is 1. The average molecular weight is 348 g/mol. The Bertz CT molecular complexity index is 406. The normalized spacial score (nSPS) is 14.9. The third kappa shape index (κ3) is 8.19. The number of amides is 2. The number of unbranched alkanes of at least 4 members (excludes halogenated alkanes) is 1. The maximum atomic E-state index is 12.1. The molecule has 0 aliphatic rings. The van der Waals surface area contributed by atoms with Gasteiger partial charge in [0.2, 0.25) is 11.8 Å². The van der Waals surface area contributed by atoms with Crippen molar-refractivity contribution in [3.8, 4) is 0 Å². The summed E-state index contributed by atoms with van der Waals surface area (Å²) in [5.74, 6) is -2.23. The molecule has 0 spiro atoms. The highest BCUT2D eigenvalue weighted by molar-refractivity contribution is 7.80. The van der Waals surface area contributed by atoms with Gasteiger partial charge in [-0.1, -0.05) is 13.8 Å². The van der Waals surface area contributed by atoms with Crippen LogP contribution in [0.15, 0.2) is 0 Å². The van der Waals surface area contributed by atoms with E-state index in [4.69, 9.17) is 16.6 Å². The summed E-state index contributed by atoms with van der Waals surface area (Å²) in [6.45, 7) is 4.04. The topological polar surface area (TPSA) is 148 Å². The van der Waals surface area contributed by atoms with Crippen molar-refractivity contribution in [1.82, 2.24) is 10.6 Å². The average Bonchev–Trinajstić information content (AvgIpc) is 2.50. The molecule has 134 valence electrons. The fourth-order valence-electron chi connectivity index (χ4n) is 1.79. The van der Waals surface area contributed by atoms with E-state index in [9.17, 15) is 14.4 Å². The molecule has 23 heavy (non-hydrogen) atoms. The second-order valence-corrected chi connectivity index (χ2v) is 6.06. The lowest BCUT2D eigenvalue weighted by Gasteiger charge is -2.22. The van der Waals surface area contributed by atoms with E-state index in [1.165, 1.54) is 0 Å². The zero-order chi connectivity index (χ0) is 18.0. The van der Waals surface area contributed by atoms with Crippen LogP contribution in [0.1, 0.15) is 33.1 Å². The largest absolute Gasteiger partial charge is 0.480 e. The Morgan fingerprint density at radius 3 is 2.09 bits per heavy atom. The second kappa shape index (κ2) is 11.3. The van der Waals surface area contributed by atoms with Crippen molar-refractivity contribution in [2.24, 2.45) is 17.4 Å². The first kappa shape index (κ1) is 21.7. The summed E-state index contributed by atoms with van der Waals surface area (Å²) in [6, 6.07) is -2.70. The van der Waals surface area contributed by atoms with E-state index >= 15 is 0 Å². The van der Waals surface area contributed by atoms with Crippen molar-refractivity contribution in [3.63, 3.8) is 0 Å². The van der Waals surface area contributed by atoms with Crippen LogP contribution in [-0.2, 0) is 14.4 Å². The van der Waals surface area contributed by atoms with Gasteiger partial charge in [-0.15, -0.1) is 0 Å². The third-order valence-electron chi connectivity index (χ3n) is 3.40. The van der Waals surface area contributed by atoms with Crippen LogP contribution in [-0.4, -0.2) is 53.3 Å². The van der Waals surface area contributed by atoms with Crippen LogP contribution in [0.2, 0.25) is 0 Å². The van der Waals surface area contributed by atoms with Gasteiger partial charge < -0.3 is 27.2 Å². The van der Waals surface area contributed by atoms with Crippen LogP contribution in [0.3, 0.4) is 0 Å². The van der Waals surface area contributed by atoms with Gasteiger partial charge >= 0.3 is 5.97 Å². The van der Waals surface area contributed by atoms with Crippen molar-refractivity contribution < 1.29 is 19.5 Å². The molecule has 0 aromatic rings. The molecule has 0 saturated carbocycles. The SMILES string of the molecule is CC(C)C(N)C(=O)NC(CS)C(=O)NC(CCCCN)C(=O)O. The van der Waals surface area contributed by atoms with E-state index in [0.29, 0.717) is 19.4 Å². The summed E-state index contributed by atoms with van der Waals surface area (Å²) < 4.78 is 0. The van der Waals surface area contributed by atoms with Gasteiger partial charge in [0.25, 0.3) is 0 Å². The number of hydrogen-bond acceptors (Lipinski definition) is 6. The zero-order valence-electron chi connectivity index (χ0n) is 13.6. The van der Waals surface area contributed by atoms with E-state index in [-0.39, 0.29) is 18.1 Å². The Morgan fingerprint density at radius 2 is 1.65 bits per heavy atom. The van der Waals surface area contributed by atoms with E-state index < -0.39 is 35.9 Å². The molecule has 3 unspecified atom stereocenters. The van der Waals surface area contributed by atoms with Crippen molar-refractivity contribution in [1.29, 1.82) is 0 Å². The third-order valence-corrected chi connectivity index (χ3v) is 3.76. The number of nitrogens with one attached hydrogen (secondary N) is 2. The van der Waals surface area contributed by atoms with Crippen LogP contribution in [0, 0.1) is 5.92 Å². The molecule has 0 aromatic heterocycles. The van der Waals surface area contributed by atoms with Gasteiger partial charge in [-0.25, -0.2) is 4.79 Å². The number of aliphatic carboxylic acids is 1. The number of thiol groups is 1. The molecule has 0 aliphatic carbocycles. The lowest BCUT2D eigenvalue weighted by Crippen LogP contribution is -2.56. The summed E-state index contributed by atoms with van der Waals surface area (Å²) in [4.78, 5) is 35.2. The highest BCUT2D eigenvalue weighted by atomic mass is 32.1. The predicted molar refractivity (Wildman–Crippen MR) is 91.1 cm³/mol. The molecule has 0 aromatic carbocycles. The summed E-state index contributed by atoms with van der Waals surface area (Å²) in [5, 5.41) is 14.1. The Kier molecular flexibility index (Phi) is 10.6. The Balaban J connectivity index is 4.67. The van der Waals surface area contributed by atoms with Crippen LogP contribution >= 0.6 is 12.6 Å². The second-order valence-electron chi connectivity index (χ2n) is 5.70. The van der Waals surface area contributed by atoms with Crippen LogP contribution in [0.5, 0.6) is 0 Å². The quantitative estimate of drug-likeness (QED) is 0.210. The summed E-state index contributed by atoms with van der Waals surface area (Å²) in [5.41, 5.74) is 11.1. The van der Waals surface area contributed by atoms with E-state index in [2.05, 4.69) is 23.3 Å². The maximum absolute atomic E-state index is 12.1. The van der Waals surface area contributed by atoms with Crippen molar-refractivity contribution >= 4 is 30.4 Å². The number of nitrogens with two attached hydrogens (primary N) is 2. The molecule has 7 N–H and O–H groups in total. The highest BCUT2D eigenvalue weighted by Gasteiger charge is 2.27. The Hall–Kier alpha value is -1.32. The van der Waals surface area contributed by atoms with E-state index in [1.807, 2.05) is 0 Å². The maximum Gasteiger partial charge on any atom is 0.326 e. The van der Waals surface area contributed by atoms with Crippen molar-refractivity contribution in [2.45, 2.75) is 51.2 Å². The summed E-state index contributed by atoms with van der Waals surface area (Å²) in [6.07, 6.45) is 1.54. The molecule has 0 fully saturated rings. The number of carbonyl (C=O) groups excluding carboxylic acids is 2. The Morgan fingerprint density at radius 1 is 1.09 bits per heavy atom. The van der Waals surface area contributed by atoms with Crippen molar-refractivity contribution in [3.05, 3.63) is 0 Å². The molecular formula is C14H28N4O4S. The first-order valence-electron chi connectivity index (χ1n) is 7.64. The molecule has 0 rings (SSSR count). The van der Waals surface area contributed by atoms with Gasteiger partial charge in [0.05, 0.1) is 6.04 Å². The lowest BCUT2D eigenvalue weighted by molar-refractivity contribution is -0.142. The minimum atomic E-state index is -1.13. The van der Waals surface area contributed by atoms with Crippen LogP contribution in [0.25, 0.3) is 0 Å². The molecule has 0 radical (unpaired) electrons. The number of hydrogen-bond donors (Lipinski definition) is 6. The van der Waals surface area contributed by atoms with Gasteiger partial charge in [0.1, 0.15) is 12.1 Å². The van der Waals surface area contributed by atoms with Gasteiger partial charge in [-0.05, 0) is 31.7 Å². The van der Waals surface area contributed by atoms with Crippen LogP contribution in [0.4, 0.5) is 0 Å². The molecule has 9 heteroatoms. The van der Waals surface area contributed by atoms with Gasteiger partial charge in [0.15, 0.2) is 0 Å². The molecule has 3 atom stereocenters. The van der Waals surface area contributed by atoms with Gasteiger partial charge in [-0.2, -0.15) is 12.6 Å². The summed E-state index contributed by atoms with van der Waals surface area (Å²) in [7, 11) is 0. The molecule has 0 heterocycles. The summed E-state index contributed by atoms with van der Waals surface area (Å²) >= 11 is 4.03. The molecule has 8 nitrogen and oxygen atoms in total. The minimum absolute atomic E-state index is 0.0392.